The van der Waals surface area contributed by atoms with Gasteiger partial charge in [0.05, 0.1) is 17.3 Å². The van der Waals surface area contributed by atoms with Crippen LogP contribution in [0.15, 0.2) is 53.0 Å². The molecule has 2 N–H and O–H groups in total. The molecule has 0 aliphatic heterocycles. The lowest BCUT2D eigenvalue weighted by atomic mass is 10.1. The third-order valence-electron chi connectivity index (χ3n) is 3.87. The number of halogens is 1. The van der Waals surface area contributed by atoms with Crippen molar-refractivity contribution in [2.24, 2.45) is 0 Å². The normalized spacial score (nSPS) is 11.6. The van der Waals surface area contributed by atoms with Crippen LogP contribution in [-0.2, 0) is 0 Å². The number of aliphatic hydroxyl groups excluding tert-OH is 1. The second kappa shape index (κ2) is 9.16. The van der Waals surface area contributed by atoms with E-state index in [1.165, 1.54) is 12.1 Å². The van der Waals surface area contributed by atoms with Gasteiger partial charge >= 0.3 is 5.88 Å². The average Bonchev–Trinajstić information content (AvgIpc) is 3.14. The molecule has 0 unspecified atom stereocenters. The van der Waals surface area contributed by atoms with Gasteiger partial charge < -0.3 is 14.8 Å². The lowest BCUT2D eigenvalue weighted by Gasteiger charge is -2.10. The van der Waals surface area contributed by atoms with E-state index < -0.39 is 4.92 Å². The summed E-state index contributed by atoms with van der Waals surface area (Å²) in [5, 5.41) is 24.5. The molecule has 0 fully saturated rings. The number of rotatable bonds is 8. The summed E-state index contributed by atoms with van der Waals surface area (Å²) >= 11 is 6.09. The van der Waals surface area contributed by atoms with Crippen molar-refractivity contribution in [1.29, 1.82) is 0 Å². The van der Waals surface area contributed by atoms with E-state index in [0.717, 1.165) is 22.3 Å². The lowest BCUT2D eigenvalue weighted by molar-refractivity contribution is -0.402. The van der Waals surface area contributed by atoms with E-state index in [9.17, 15) is 10.1 Å². The number of aromatic nitrogens is 1. The van der Waals surface area contributed by atoms with E-state index in [-0.39, 0.29) is 12.5 Å². The summed E-state index contributed by atoms with van der Waals surface area (Å²) in [5.74, 6) is 0.0938. The van der Waals surface area contributed by atoms with Crippen LogP contribution >= 0.6 is 11.6 Å². The van der Waals surface area contributed by atoms with Crippen LogP contribution in [0.1, 0.15) is 17.9 Å². The highest BCUT2D eigenvalue weighted by Gasteiger charge is 2.09. The first kappa shape index (κ1) is 19.6. The van der Waals surface area contributed by atoms with Gasteiger partial charge in [-0.25, -0.2) is 4.98 Å². The van der Waals surface area contributed by atoms with E-state index in [1.54, 1.807) is 24.3 Å². The molecular weight excluding hydrogens is 382 g/mol. The van der Waals surface area contributed by atoms with Gasteiger partial charge in [-0.3, -0.25) is 10.1 Å². The molecule has 8 heteroatoms. The molecule has 0 aliphatic carbocycles. The van der Waals surface area contributed by atoms with E-state index in [4.69, 9.17) is 21.1 Å². The Bertz CT molecular complexity index is 1040. The van der Waals surface area contributed by atoms with Gasteiger partial charge in [-0.1, -0.05) is 23.8 Å². The zero-order valence-corrected chi connectivity index (χ0v) is 15.6. The summed E-state index contributed by atoms with van der Waals surface area (Å²) in [7, 11) is 0. The van der Waals surface area contributed by atoms with Crippen LogP contribution in [0.5, 0.6) is 0 Å². The van der Waals surface area contributed by atoms with E-state index >= 15 is 0 Å². The van der Waals surface area contributed by atoms with Gasteiger partial charge in [0.1, 0.15) is 10.7 Å². The van der Waals surface area contributed by atoms with Crippen molar-refractivity contribution in [3.05, 3.63) is 75.1 Å². The summed E-state index contributed by atoms with van der Waals surface area (Å²) in [6.45, 7) is 0.753. The molecule has 0 amide bonds. The average molecular weight is 400 g/mol. The number of hydrogen-bond acceptors (Lipinski definition) is 6. The molecule has 2 heterocycles. The van der Waals surface area contributed by atoms with Crippen LogP contribution in [-0.4, -0.2) is 28.2 Å². The fraction of sp³-hybridized carbons (Fsp3) is 0.150. The van der Waals surface area contributed by atoms with Crippen LogP contribution in [0.25, 0.3) is 23.1 Å². The molecule has 144 valence electrons. The van der Waals surface area contributed by atoms with E-state index in [1.807, 2.05) is 24.3 Å². The third kappa shape index (κ3) is 4.97. The van der Waals surface area contributed by atoms with Crippen LogP contribution in [0.2, 0.25) is 5.02 Å². The maximum Gasteiger partial charge on any atom is 0.433 e. The van der Waals surface area contributed by atoms with Gasteiger partial charge in [-0.2, -0.15) is 0 Å². The fourth-order valence-electron chi connectivity index (χ4n) is 2.59. The van der Waals surface area contributed by atoms with Crippen molar-refractivity contribution in [2.45, 2.75) is 6.42 Å². The van der Waals surface area contributed by atoms with Gasteiger partial charge in [0.25, 0.3) is 0 Å². The molecule has 3 aromatic rings. The smallest absolute Gasteiger partial charge is 0.401 e. The summed E-state index contributed by atoms with van der Waals surface area (Å²) in [5.41, 5.74) is 2.38. The topological polar surface area (TPSA) is 101 Å². The number of hydrogen-bond donors (Lipinski definition) is 2. The molecule has 0 radical (unpaired) electrons. The standard InChI is InChI=1S/C20H18ClN3O4/c21-14-6-8-17-18(22-10-3-11-25)13-15(23-19(17)12-14)4-1-2-5-16-7-9-20(28-16)24(26)27/h1-2,4-9,12-13,25H,3,10-11H2,(H,22,23). The van der Waals surface area contributed by atoms with Gasteiger partial charge in [0.2, 0.25) is 0 Å². The highest BCUT2D eigenvalue weighted by atomic mass is 35.5. The number of allylic oxidation sites excluding steroid dienone is 2. The highest BCUT2D eigenvalue weighted by molar-refractivity contribution is 6.31. The van der Waals surface area contributed by atoms with Gasteiger partial charge in [-0.05, 0) is 48.9 Å². The predicted octanol–water partition coefficient (Wildman–Crippen LogP) is 4.91. The summed E-state index contributed by atoms with van der Waals surface area (Å²) in [6, 6.07) is 10.3. The number of nitro groups is 1. The molecule has 0 saturated heterocycles. The number of nitrogens with zero attached hydrogens (tertiary/aromatic N) is 2. The first-order valence-electron chi connectivity index (χ1n) is 8.61. The zero-order valence-electron chi connectivity index (χ0n) is 14.8. The zero-order chi connectivity index (χ0) is 19.9. The Morgan fingerprint density at radius 1 is 1.21 bits per heavy atom. The Labute approximate surface area is 166 Å². The van der Waals surface area contributed by atoms with Crippen molar-refractivity contribution in [3.63, 3.8) is 0 Å². The largest absolute Gasteiger partial charge is 0.433 e. The molecule has 0 saturated carbocycles. The number of benzene rings is 1. The van der Waals surface area contributed by atoms with E-state index in [0.29, 0.717) is 23.7 Å². The van der Waals surface area contributed by atoms with E-state index in [2.05, 4.69) is 10.3 Å². The molecule has 0 spiro atoms. The molecule has 28 heavy (non-hydrogen) atoms. The fourth-order valence-corrected chi connectivity index (χ4v) is 2.76. The van der Waals surface area contributed by atoms with Crippen molar-refractivity contribution in [3.8, 4) is 0 Å². The van der Waals surface area contributed by atoms with Crippen molar-refractivity contribution in [2.75, 3.05) is 18.5 Å². The number of pyridine rings is 1. The molecule has 7 nitrogen and oxygen atoms in total. The minimum atomic E-state index is -0.581. The minimum Gasteiger partial charge on any atom is -0.401 e. The van der Waals surface area contributed by atoms with Gasteiger partial charge in [0, 0.05) is 29.2 Å². The van der Waals surface area contributed by atoms with Crippen LogP contribution in [0.4, 0.5) is 11.6 Å². The summed E-state index contributed by atoms with van der Waals surface area (Å²) in [4.78, 5) is 14.6. The summed E-state index contributed by atoms with van der Waals surface area (Å²) in [6.07, 6.45) is 7.56. The number of aliphatic hydroxyl groups is 1. The maximum atomic E-state index is 10.6. The monoisotopic (exact) mass is 399 g/mol. The number of anilines is 1. The van der Waals surface area contributed by atoms with Crippen LogP contribution in [0, 0.1) is 10.1 Å². The number of furan rings is 1. The third-order valence-corrected chi connectivity index (χ3v) is 4.11. The molecule has 1 aromatic carbocycles. The Morgan fingerprint density at radius 3 is 2.79 bits per heavy atom. The Hall–Kier alpha value is -3.16. The first-order chi connectivity index (χ1) is 13.6. The van der Waals surface area contributed by atoms with Gasteiger partial charge in [-0.15, -0.1) is 0 Å². The minimum absolute atomic E-state index is 0.115. The second-order valence-electron chi connectivity index (χ2n) is 5.91. The van der Waals surface area contributed by atoms with Crippen molar-refractivity contribution >= 4 is 46.2 Å². The molecule has 0 bridgehead atoms. The molecular formula is C20H18ClN3O4. The van der Waals surface area contributed by atoms with Crippen molar-refractivity contribution in [1.82, 2.24) is 4.98 Å². The molecule has 3 rings (SSSR count). The molecule has 0 atom stereocenters. The van der Waals surface area contributed by atoms with Crippen LogP contribution in [0.3, 0.4) is 0 Å². The number of fused-ring (bicyclic) bond motifs is 1. The van der Waals surface area contributed by atoms with Gasteiger partial charge in [0.15, 0.2) is 0 Å². The Morgan fingerprint density at radius 2 is 2.04 bits per heavy atom. The number of nitrogens with one attached hydrogen (secondary N) is 1. The highest BCUT2D eigenvalue weighted by Crippen LogP contribution is 2.26. The first-order valence-corrected chi connectivity index (χ1v) is 8.98. The predicted molar refractivity (Wildman–Crippen MR) is 110 cm³/mol. The molecule has 2 aromatic heterocycles. The lowest BCUT2D eigenvalue weighted by Crippen LogP contribution is -2.04. The SMILES string of the molecule is O=[N+]([O-])c1ccc(C=CC=Cc2cc(NCCCO)c3ccc(Cl)cc3n2)o1. The molecule has 0 aliphatic rings. The quantitative estimate of drug-likeness (QED) is 0.241. The second-order valence-corrected chi connectivity index (χ2v) is 6.35. The Balaban J connectivity index is 1.81. The van der Waals surface area contributed by atoms with Crippen molar-refractivity contribution < 1.29 is 14.4 Å². The summed E-state index contributed by atoms with van der Waals surface area (Å²) < 4.78 is 5.06. The Kier molecular flexibility index (Phi) is 6.41. The van der Waals surface area contributed by atoms with Crippen LogP contribution < -0.4 is 5.32 Å². The maximum absolute atomic E-state index is 10.6.